The number of hydrogen-bond acceptors (Lipinski definition) is 4. The van der Waals surface area contributed by atoms with E-state index in [0.717, 1.165) is 5.56 Å². The first-order valence-electron chi connectivity index (χ1n) is 6.58. The van der Waals surface area contributed by atoms with Gasteiger partial charge in [0.2, 0.25) is 0 Å². The molecule has 0 fully saturated rings. The Balaban J connectivity index is 1.96. The first-order valence-corrected chi connectivity index (χ1v) is 6.58. The molecule has 1 aliphatic heterocycles. The lowest BCUT2D eigenvalue weighted by Gasteiger charge is -2.31. The Hall–Kier alpha value is -2.27. The Kier molecular flexibility index (Phi) is 3.43. The Morgan fingerprint density at radius 2 is 2.05 bits per heavy atom. The molecule has 4 nitrogen and oxygen atoms in total. The van der Waals surface area contributed by atoms with Crippen molar-refractivity contribution >= 4 is 0 Å². The van der Waals surface area contributed by atoms with Gasteiger partial charge in [-0.1, -0.05) is 12.1 Å². The second-order valence-corrected chi connectivity index (χ2v) is 5.00. The fraction of sp³-hybridized carbons (Fsp3) is 0.250. The fourth-order valence-corrected chi connectivity index (χ4v) is 2.51. The van der Waals surface area contributed by atoms with Crippen LogP contribution in [0.1, 0.15) is 17.2 Å². The van der Waals surface area contributed by atoms with Gasteiger partial charge in [-0.05, 0) is 29.3 Å². The molecule has 0 radical (unpaired) electrons. The van der Waals surface area contributed by atoms with Crippen LogP contribution in [0.15, 0.2) is 36.4 Å². The van der Waals surface area contributed by atoms with Crippen LogP contribution in [0.3, 0.4) is 0 Å². The number of fused-ring (bicyclic) bond motifs is 1. The van der Waals surface area contributed by atoms with Gasteiger partial charge in [-0.15, -0.1) is 0 Å². The number of aliphatic hydroxyl groups is 1. The van der Waals surface area contributed by atoms with Crippen molar-refractivity contribution in [3.63, 3.8) is 0 Å². The van der Waals surface area contributed by atoms with E-state index in [9.17, 15) is 14.6 Å². The third-order valence-electron chi connectivity index (χ3n) is 3.59. The van der Waals surface area contributed by atoms with E-state index in [1.165, 1.54) is 25.3 Å². The van der Waals surface area contributed by atoms with Gasteiger partial charge in [0.15, 0.2) is 11.6 Å². The topological polar surface area (TPSA) is 58.9 Å². The highest BCUT2D eigenvalue weighted by atomic mass is 19.1. The number of aliphatic hydroxyl groups excluding tert-OH is 1. The summed E-state index contributed by atoms with van der Waals surface area (Å²) in [4.78, 5) is 0. The van der Waals surface area contributed by atoms with E-state index in [-0.39, 0.29) is 11.5 Å². The van der Waals surface area contributed by atoms with E-state index in [4.69, 9.17) is 9.47 Å². The van der Waals surface area contributed by atoms with Gasteiger partial charge < -0.3 is 19.7 Å². The summed E-state index contributed by atoms with van der Waals surface area (Å²) in [6.07, 6.45) is -0.981. The van der Waals surface area contributed by atoms with Crippen LogP contribution in [0.4, 0.5) is 4.39 Å². The quantitative estimate of drug-likeness (QED) is 0.892. The molecule has 0 saturated carbocycles. The van der Waals surface area contributed by atoms with Crippen molar-refractivity contribution in [2.24, 2.45) is 0 Å². The van der Waals surface area contributed by atoms with Gasteiger partial charge in [0.25, 0.3) is 0 Å². The van der Waals surface area contributed by atoms with E-state index in [2.05, 4.69) is 0 Å². The highest BCUT2D eigenvalue weighted by Gasteiger charge is 2.30. The predicted molar refractivity (Wildman–Crippen MR) is 74.1 cm³/mol. The molecule has 0 saturated heterocycles. The van der Waals surface area contributed by atoms with Gasteiger partial charge >= 0.3 is 0 Å². The molecule has 2 atom stereocenters. The van der Waals surface area contributed by atoms with Gasteiger partial charge in [-0.25, -0.2) is 4.39 Å². The average Bonchev–Trinajstić information content (AvgIpc) is 2.48. The van der Waals surface area contributed by atoms with Crippen molar-refractivity contribution in [2.45, 2.75) is 18.6 Å². The number of benzene rings is 2. The SMILES string of the molecule is COc1cc(C2Oc3cc(O)ccc3CC2O)ccc1F. The lowest BCUT2D eigenvalue weighted by Crippen LogP contribution is -2.30. The first kappa shape index (κ1) is 13.7. The van der Waals surface area contributed by atoms with Crippen molar-refractivity contribution in [1.29, 1.82) is 0 Å². The lowest BCUT2D eigenvalue weighted by molar-refractivity contribution is 0.0205. The number of phenols is 1. The number of aromatic hydroxyl groups is 1. The second-order valence-electron chi connectivity index (χ2n) is 5.00. The lowest BCUT2D eigenvalue weighted by atomic mass is 9.94. The molecule has 2 aromatic carbocycles. The maximum absolute atomic E-state index is 13.5. The molecule has 0 bridgehead atoms. The molecule has 110 valence electrons. The molecule has 0 aromatic heterocycles. The molecule has 0 amide bonds. The summed E-state index contributed by atoms with van der Waals surface area (Å²) in [5, 5.41) is 19.8. The maximum Gasteiger partial charge on any atom is 0.165 e. The second kappa shape index (κ2) is 5.26. The highest BCUT2D eigenvalue weighted by molar-refractivity contribution is 5.43. The average molecular weight is 290 g/mol. The number of methoxy groups -OCH3 is 1. The molecule has 2 N–H and O–H groups in total. The van der Waals surface area contributed by atoms with Crippen molar-refractivity contribution in [1.82, 2.24) is 0 Å². The minimum absolute atomic E-state index is 0.0978. The van der Waals surface area contributed by atoms with Crippen LogP contribution in [0.5, 0.6) is 17.2 Å². The zero-order valence-corrected chi connectivity index (χ0v) is 11.4. The standard InChI is InChI=1S/C16H15FO4/c1-20-15-7-10(3-5-12(15)17)16-13(19)6-9-2-4-11(18)8-14(9)21-16/h2-5,7-8,13,16,18-19H,6H2,1H3. The van der Waals surface area contributed by atoms with E-state index in [0.29, 0.717) is 17.7 Å². The van der Waals surface area contributed by atoms with Crippen LogP contribution < -0.4 is 9.47 Å². The normalized spacial score (nSPS) is 20.5. The molecular weight excluding hydrogens is 275 g/mol. The molecule has 5 heteroatoms. The van der Waals surface area contributed by atoms with Gasteiger partial charge in [0.05, 0.1) is 13.2 Å². The number of hydrogen-bond donors (Lipinski definition) is 2. The Bertz CT molecular complexity index is 671. The summed E-state index contributed by atoms with van der Waals surface area (Å²) in [6.45, 7) is 0. The van der Waals surface area contributed by atoms with E-state index in [1.807, 2.05) is 0 Å². The van der Waals surface area contributed by atoms with Crippen molar-refractivity contribution < 1.29 is 24.1 Å². The van der Waals surface area contributed by atoms with Crippen LogP contribution in [0, 0.1) is 5.82 Å². The third kappa shape index (κ3) is 2.52. The van der Waals surface area contributed by atoms with Crippen molar-refractivity contribution in [3.8, 4) is 17.2 Å². The zero-order chi connectivity index (χ0) is 15.0. The molecule has 1 aliphatic rings. The minimum atomic E-state index is -0.753. The monoisotopic (exact) mass is 290 g/mol. The van der Waals surface area contributed by atoms with Crippen molar-refractivity contribution in [3.05, 3.63) is 53.3 Å². The molecule has 0 spiro atoms. The molecule has 2 aromatic rings. The van der Waals surface area contributed by atoms with E-state index >= 15 is 0 Å². The van der Waals surface area contributed by atoms with Crippen LogP contribution >= 0.6 is 0 Å². The molecular formula is C16H15FO4. The summed E-state index contributed by atoms with van der Waals surface area (Å²) in [7, 11) is 1.38. The Morgan fingerprint density at radius 3 is 2.81 bits per heavy atom. The summed E-state index contributed by atoms with van der Waals surface area (Å²) in [5.41, 5.74) is 1.44. The fourth-order valence-electron chi connectivity index (χ4n) is 2.51. The maximum atomic E-state index is 13.5. The summed E-state index contributed by atoms with van der Waals surface area (Å²) in [6, 6.07) is 9.12. The number of rotatable bonds is 2. The Labute approximate surface area is 121 Å². The zero-order valence-electron chi connectivity index (χ0n) is 11.4. The number of ether oxygens (including phenoxy) is 2. The van der Waals surface area contributed by atoms with E-state index < -0.39 is 18.0 Å². The van der Waals surface area contributed by atoms with Gasteiger partial charge in [-0.2, -0.15) is 0 Å². The first-order chi connectivity index (χ1) is 10.1. The summed E-state index contributed by atoms with van der Waals surface area (Å²) >= 11 is 0. The minimum Gasteiger partial charge on any atom is -0.508 e. The highest BCUT2D eigenvalue weighted by Crippen LogP contribution is 2.38. The predicted octanol–water partition coefficient (Wildman–Crippen LogP) is 2.58. The van der Waals surface area contributed by atoms with Gasteiger partial charge in [0.1, 0.15) is 17.6 Å². The summed E-state index contributed by atoms with van der Waals surface area (Å²) < 4.78 is 24.2. The molecule has 3 rings (SSSR count). The third-order valence-corrected chi connectivity index (χ3v) is 3.59. The van der Waals surface area contributed by atoms with Crippen LogP contribution in [-0.4, -0.2) is 23.4 Å². The van der Waals surface area contributed by atoms with Crippen LogP contribution in [-0.2, 0) is 6.42 Å². The van der Waals surface area contributed by atoms with Crippen LogP contribution in [0.2, 0.25) is 0 Å². The Morgan fingerprint density at radius 1 is 1.24 bits per heavy atom. The largest absolute Gasteiger partial charge is 0.508 e. The smallest absolute Gasteiger partial charge is 0.165 e. The number of phenolic OH excluding ortho intramolecular Hbond substituents is 1. The molecule has 1 heterocycles. The number of halogens is 1. The molecule has 2 unspecified atom stereocenters. The summed E-state index contributed by atoms with van der Waals surface area (Å²) in [5.74, 6) is 0.253. The molecule has 21 heavy (non-hydrogen) atoms. The molecule has 0 aliphatic carbocycles. The van der Waals surface area contributed by atoms with Gasteiger partial charge in [-0.3, -0.25) is 0 Å². The van der Waals surface area contributed by atoms with Crippen LogP contribution in [0.25, 0.3) is 0 Å². The van der Waals surface area contributed by atoms with Gasteiger partial charge in [0, 0.05) is 12.5 Å². The van der Waals surface area contributed by atoms with Crippen molar-refractivity contribution in [2.75, 3.05) is 7.11 Å². The van der Waals surface area contributed by atoms with E-state index in [1.54, 1.807) is 18.2 Å².